The standard InChI is InChI=1S/C45H57NO8/c1-25(2)10-12-31-21-44(52)40-27(11-13-30-16-32(49)22-43(31,51)42(30,40)24-48)19-41-14-5-4-7-26-8-6-9-28(23-47)33(26)17-36(46-3)34-15-29(20-45(41,44)53)38(41)35-18-37(50)54-39(34)35/h6,8-9,11,13,18,24-25,27,29-32,34,36,38-40,46-47,49,51-53H,5,10,12,14-17,19-23H2,1-3H3. The summed E-state index contributed by atoms with van der Waals surface area (Å²) in [5, 5.41) is 66.1. The number of hydrogen-bond acceptors (Lipinski definition) is 9. The minimum absolute atomic E-state index is 0.0725. The van der Waals surface area contributed by atoms with Gasteiger partial charge in [-0.2, -0.15) is 0 Å². The van der Waals surface area contributed by atoms with Crippen LogP contribution >= 0.6 is 0 Å². The first-order valence-electron chi connectivity index (χ1n) is 20.6. The first-order chi connectivity index (χ1) is 25.8. The van der Waals surface area contributed by atoms with Crippen molar-refractivity contribution in [1.82, 2.24) is 5.32 Å². The van der Waals surface area contributed by atoms with Gasteiger partial charge in [-0.1, -0.05) is 56.4 Å². The molecule has 9 nitrogen and oxygen atoms in total. The number of carbonyl (C=O) groups is 2. The van der Waals surface area contributed by atoms with Gasteiger partial charge >= 0.3 is 5.97 Å². The second kappa shape index (κ2) is 12.6. The second-order valence-corrected chi connectivity index (χ2v) is 19.1. The predicted molar refractivity (Wildman–Crippen MR) is 200 cm³/mol. The molecule has 54 heavy (non-hydrogen) atoms. The van der Waals surface area contributed by atoms with Crippen molar-refractivity contribution in [3.05, 3.63) is 58.7 Å². The zero-order valence-electron chi connectivity index (χ0n) is 31.8. The van der Waals surface area contributed by atoms with Crippen LogP contribution in [-0.2, 0) is 27.4 Å². The van der Waals surface area contributed by atoms with E-state index in [0.29, 0.717) is 57.3 Å². The van der Waals surface area contributed by atoms with Crippen molar-refractivity contribution in [2.24, 2.45) is 58.2 Å². The Balaban J connectivity index is 1.26. The minimum atomic E-state index is -1.74. The number of hydrogen-bond donors (Lipinski definition) is 6. The molecular formula is C45H57NO8. The molecule has 6 N–H and O–H groups in total. The molecule has 9 aliphatic rings. The van der Waals surface area contributed by atoms with E-state index < -0.39 is 57.6 Å². The smallest absolute Gasteiger partial charge is 0.331 e. The summed E-state index contributed by atoms with van der Waals surface area (Å²) in [7, 11) is 1.92. The van der Waals surface area contributed by atoms with Gasteiger partial charge in [0.25, 0.3) is 0 Å². The first kappa shape index (κ1) is 36.8. The SMILES string of the molecule is CNC1Cc2c(cccc2CO)C#CCCC23CC4C=CC5CC(O)CC6(O)C(CCC(C)C)CC(O)(C4C56C=O)C2(O)CC2CC1C1OC(=O)C=C1C23. The topological polar surface area (TPSA) is 157 Å². The van der Waals surface area contributed by atoms with Crippen LogP contribution in [0.5, 0.6) is 0 Å². The number of aliphatic hydroxyl groups is 5. The van der Waals surface area contributed by atoms with Crippen molar-refractivity contribution in [2.75, 3.05) is 7.05 Å². The lowest BCUT2D eigenvalue weighted by Gasteiger charge is -2.74. The summed E-state index contributed by atoms with van der Waals surface area (Å²) < 4.78 is 6.22. The Morgan fingerprint density at radius 1 is 1.07 bits per heavy atom. The summed E-state index contributed by atoms with van der Waals surface area (Å²) in [5.41, 5.74) is -3.66. The van der Waals surface area contributed by atoms with Crippen molar-refractivity contribution in [1.29, 1.82) is 0 Å². The minimum Gasteiger partial charge on any atom is -0.454 e. The molecule has 9 heteroatoms. The molecule has 1 aromatic carbocycles. The number of aliphatic hydroxyl groups excluding tert-OH is 2. The molecule has 0 saturated heterocycles. The third-order valence-electron chi connectivity index (χ3n) is 16.6. The molecule has 15 unspecified atom stereocenters. The summed E-state index contributed by atoms with van der Waals surface area (Å²) in [6.07, 6.45) is 10.2. The number of ether oxygens (including phenoxy) is 1. The predicted octanol–water partition coefficient (Wildman–Crippen LogP) is 3.76. The highest BCUT2D eigenvalue weighted by Gasteiger charge is 2.84. The normalized spacial score (nSPS) is 48.1. The molecule has 1 aromatic rings. The van der Waals surface area contributed by atoms with Gasteiger partial charge in [0.2, 0.25) is 0 Å². The first-order valence-corrected chi connectivity index (χ1v) is 20.6. The number of nitrogens with one attached hydrogen (secondary N) is 1. The van der Waals surface area contributed by atoms with Crippen LogP contribution in [0.15, 0.2) is 42.0 Å². The highest BCUT2D eigenvalue weighted by molar-refractivity contribution is 5.86. The van der Waals surface area contributed by atoms with E-state index in [9.17, 15) is 35.1 Å². The average Bonchev–Trinajstić information content (AvgIpc) is 3.64. The molecule has 8 aliphatic carbocycles. The molecule has 1 spiro atoms. The van der Waals surface area contributed by atoms with Gasteiger partial charge in [0, 0.05) is 47.8 Å². The number of fused-ring (bicyclic) bond motifs is 4. The zero-order chi connectivity index (χ0) is 38.0. The molecule has 5 fully saturated rings. The average molecular weight is 740 g/mol. The number of aldehydes is 1. The molecule has 0 radical (unpaired) electrons. The van der Waals surface area contributed by atoms with E-state index in [2.05, 4.69) is 37.1 Å². The van der Waals surface area contributed by atoms with Crippen LogP contribution in [0.25, 0.3) is 0 Å². The lowest BCUT2D eigenvalue weighted by atomic mass is 9.32. The molecule has 4 bridgehead atoms. The Morgan fingerprint density at radius 3 is 2.63 bits per heavy atom. The summed E-state index contributed by atoms with van der Waals surface area (Å²) in [6.45, 7) is 4.14. The van der Waals surface area contributed by atoms with Gasteiger partial charge in [0.05, 0.1) is 29.3 Å². The van der Waals surface area contributed by atoms with E-state index in [4.69, 9.17) is 4.74 Å². The molecule has 10 rings (SSSR count). The van der Waals surface area contributed by atoms with Crippen LogP contribution < -0.4 is 5.32 Å². The number of rotatable bonds is 6. The van der Waals surface area contributed by atoms with E-state index in [1.54, 1.807) is 6.08 Å². The number of benzene rings is 1. The summed E-state index contributed by atoms with van der Waals surface area (Å²) in [4.78, 5) is 27.4. The Morgan fingerprint density at radius 2 is 1.89 bits per heavy atom. The molecule has 1 heterocycles. The van der Waals surface area contributed by atoms with E-state index in [1.807, 2.05) is 31.3 Å². The summed E-state index contributed by atoms with van der Waals surface area (Å²) in [6, 6.07) is 5.71. The van der Waals surface area contributed by atoms with Crippen LogP contribution in [-0.4, -0.2) is 79.9 Å². The quantitative estimate of drug-likeness (QED) is 0.111. The largest absolute Gasteiger partial charge is 0.454 e. The summed E-state index contributed by atoms with van der Waals surface area (Å²) >= 11 is 0. The Hall–Kier alpha value is -2.84. The molecular weight excluding hydrogens is 682 g/mol. The highest BCUT2D eigenvalue weighted by Crippen LogP contribution is 2.79. The Bertz CT molecular complexity index is 1860. The zero-order valence-corrected chi connectivity index (χ0v) is 31.8. The van der Waals surface area contributed by atoms with Crippen molar-refractivity contribution in [3.8, 4) is 11.8 Å². The number of esters is 1. The molecule has 0 aromatic heterocycles. The summed E-state index contributed by atoms with van der Waals surface area (Å²) in [5.74, 6) is 4.27. The van der Waals surface area contributed by atoms with E-state index in [0.717, 1.165) is 35.0 Å². The molecule has 0 amide bonds. The maximum atomic E-state index is 14.0. The Labute approximate surface area is 318 Å². The highest BCUT2D eigenvalue weighted by atomic mass is 16.5. The van der Waals surface area contributed by atoms with Gasteiger partial charge in [-0.25, -0.2) is 4.79 Å². The van der Waals surface area contributed by atoms with E-state index in [1.165, 1.54) is 0 Å². The van der Waals surface area contributed by atoms with Gasteiger partial charge < -0.3 is 40.4 Å². The van der Waals surface area contributed by atoms with Crippen molar-refractivity contribution >= 4 is 12.3 Å². The molecule has 15 atom stereocenters. The number of carbonyl (C=O) groups excluding carboxylic acids is 2. The third kappa shape index (κ3) is 4.62. The molecule has 5 saturated carbocycles. The van der Waals surface area contributed by atoms with Crippen LogP contribution in [0.1, 0.15) is 94.7 Å². The fourth-order valence-corrected chi connectivity index (χ4v) is 14.8. The fourth-order valence-electron chi connectivity index (χ4n) is 14.8. The maximum Gasteiger partial charge on any atom is 0.331 e. The van der Waals surface area contributed by atoms with Crippen molar-refractivity contribution < 1.29 is 39.9 Å². The van der Waals surface area contributed by atoms with Crippen molar-refractivity contribution in [2.45, 2.75) is 126 Å². The van der Waals surface area contributed by atoms with Crippen LogP contribution in [0, 0.1) is 70.0 Å². The molecule has 1 aliphatic heterocycles. The van der Waals surface area contributed by atoms with Gasteiger partial charge in [-0.05, 0) is 117 Å². The number of allylic oxidation sites excluding steroid dienone is 2. The lowest BCUT2D eigenvalue weighted by Crippen LogP contribution is -2.82. The fraction of sp³-hybridized carbons (Fsp3) is 0.689. The van der Waals surface area contributed by atoms with Gasteiger partial charge in [0.15, 0.2) is 0 Å². The van der Waals surface area contributed by atoms with Crippen molar-refractivity contribution in [3.63, 3.8) is 0 Å². The van der Waals surface area contributed by atoms with Gasteiger partial charge in [0.1, 0.15) is 18.0 Å². The van der Waals surface area contributed by atoms with E-state index in [-0.39, 0.29) is 55.1 Å². The molecule has 290 valence electrons. The third-order valence-corrected chi connectivity index (χ3v) is 16.6. The van der Waals surface area contributed by atoms with E-state index >= 15 is 0 Å². The lowest BCUT2D eigenvalue weighted by molar-refractivity contribution is -0.351. The maximum absolute atomic E-state index is 14.0. The van der Waals surface area contributed by atoms with Crippen LogP contribution in [0.2, 0.25) is 0 Å². The monoisotopic (exact) mass is 739 g/mol. The van der Waals surface area contributed by atoms with Crippen LogP contribution in [0.3, 0.4) is 0 Å². The Kier molecular flexibility index (Phi) is 8.57. The van der Waals surface area contributed by atoms with Crippen LogP contribution in [0.4, 0.5) is 0 Å². The number of likely N-dealkylation sites (N-methyl/N-ethyl adjacent to an activating group) is 1. The second-order valence-electron chi connectivity index (χ2n) is 19.1. The van der Waals surface area contributed by atoms with Gasteiger partial charge in [-0.3, -0.25) is 0 Å². The van der Waals surface area contributed by atoms with Gasteiger partial charge in [-0.15, -0.1) is 0 Å².